The van der Waals surface area contributed by atoms with Gasteiger partial charge in [-0.05, 0) is 0 Å². The molecule has 6 nitrogen and oxygen atoms in total. The van der Waals surface area contributed by atoms with E-state index in [1.165, 1.54) is 12.2 Å². The molecule has 0 aliphatic carbocycles. The summed E-state index contributed by atoms with van der Waals surface area (Å²) in [6.45, 7) is 0. The van der Waals surface area contributed by atoms with Gasteiger partial charge in [-0.15, -0.1) is 20.4 Å². The van der Waals surface area contributed by atoms with Crippen LogP contribution < -0.4 is 0 Å². The summed E-state index contributed by atoms with van der Waals surface area (Å²) in [6, 6.07) is 0. The topological polar surface area (TPSA) is 77.8 Å². The molecule has 0 radical (unpaired) electrons. The molecule has 0 unspecified atom stereocenters. The minimum Gasteiger partial charge on any atom is -0.417 e. The van der Waals surface area contributed by atoms with E-state index in [0.717, 1.165) is 0 Å². The first-order chi connectivity index (χ1) is 9.16. The Labute approximate surface area is 141 Å². The van der Waals surface area contributed by atoms with Crippen molar-refractivity contribution in [1.82, 2.24) is 20.4 Å². The lowest BCUT2D eigenvalue weighted by Gasteiger charge is -2.01. The maximum absolute atomic E-state index is 5.57. The Morgan fingerprint density at radius 3 is 1.25 bits per heavy atom. The lowest BCUT2D eigenvalue weighted by molar-refractivity contribution is 0.489. The minimum atomic E-state index is -1.80. The third-order valence-electron chi connectivity index (χ3n) is 1.73. The van der Waals surface area contributed by atoms with Gasteiger partial charge >= 0.3 is 0 Å². The van der Waals surface area contributed by atoms with Gasteiger partial charge < -0.3 is 8.83 Å². The predicted octanol–water partition coefficient (Wildman–Crippen LogP) is 4.28. The van der Waals surface area contributed by atoms with Gasteiger partial charge in [-0.1, -0.05) is 69.6 Å². The van der Waals surface area contributed by atoms with E-state index in [4.69, 9.17) is 78.4 Å². The van der Waals surface area contributed by atoms with Gasteiger partial charge in [0.1, 0.15) is 0 Å². The van der Waals surface area contributed by atoms with Gasteiger partial charge in [-0.25, -0.2) is 0 Å². The molecule has 2 heterocycles. The highest BCUT2D eigenvalue weighted by atomic mass is 35.6. The largest absolute Gasteiger partial charge is 0.417 e. The average Bonchev–Trinajstić information content (AvgIpc) is 2.94. The second kappa shape index (κ2) is 5.87. The van der Waals surface area contributed by atoms with Crippen LogP contribution in [0.4, 0.5) is 0 Å². The molecule has 0 bridgehead atoms. The molecule has 2 aromatic heterocycles. The summed E-state index contributed by atoms with van der Waals surface area (Å²) in [5.41, 5.74) is 0. The second-order valence-corrected chi connectivity index (χ2v) is 7.78. The van der Waals surface area contributed by atoms with Crippen molar-refractivity contribution in [2.75, 3.05) is 0 Å². The Kier molecular flexibility index (Phi) is 4.73. The number of hydrogen-bond acceptors (Lipinski definition) is 6. The number of hydrogen-bond donors (Lipinski definition) is 0. The van der Waals surface area contributed by atoms with Gasteiger partial charge in [0.2, 0.25) is 11.8 Å². The molecule has 0 amide bonds. The molecule has 0 aliphatic heterocycles. The van der Waals surface area contributed by atoms with E-state index in [1.54, 1.807) is 0 Å². The monoisotopic (exact) mass is 396 g/mol. The molecule has 2 aromatic rings. The molecule has 0 aliphatic rings. The predicted molar refractivity (Wildman–Crippen MR) is 76.0 cm³/mol. The SMILES string of the molecule is ClC(Cl)(Cl)c1nnc(C=Cc2nnc(C(Cl)(Cl)Cl)o2)o1. The summed E-state index contributed by atoms with van der Waals surface area (Å²) in [6.07, 6.45) is 2.73. The second-order valence-electron chi connectivity index (χ2n) is 3.22. The Bertz CT molecular complexity index is 571. The van der Waals surface area contributed by atoms with Crippen molar-refractivity contribution >= 4 is 81.8 Å². The zero-order valence-corrected chi connectivity index (χ0v) is 13.6. The van der Waals surface area contributed by atoms with Crippen LogP contribution in [0.25, 0.3) is 12.2 Å². The summed E-state index contributed by atoms with van der Waals surface area (Å²) >= 11 is 33.4. The van der Waals surface area contributed by atoms with Gasteiger partial charge in [-0.3, -0.25) is 0 Å². The highest BCUT2D eigenvalue weighted by Crippen LogP contribution is 2.38. The van der Waals surface area contributed by atoms with Crippen molar-refractivity contribution in [2.45, 2.75) is 7.59 Å². The zero-order chi connectivity index (χ0) is 15.0. The van der Waals surface area contributed by atoms with Gasteiger partial charge in [0.05, 0.1) is 0 Å². The normalized spacial score (nSPS) is 13.3. The fraction of sp³-hybridized carbons (Fsp3) is 0.250. The Balaban J connectivity index is 2.14. The minimum absolute atomic E-state index is 0.0694. The number of alkyl halides is 6. The lowest BCUT2D eigenvalue weighted by Crippen LogP contribution is -1.99. The Morgan fingerprint density at radius 1 is 0.650 bits per heavy atom. The zero-order valence-electron chi connectivity index (χ0n) is 9.03. The molecular weight excluding hydrogens is 397 g/mol. The standard InChI is InChI=1S/C8H2Cl6N4O2/c9-7(10,11)5-17-15-3(19-5)1-2-4-16-18-6(20-4)8(12,13)14/h1-2H. The van der Waals surface area contributed by atoms with Crippen molar-refractivity contribution in [3.8, 4) is 0 Å². The molecule has 108 valence electrons. The van der Waals surface area contributed by atoms with E-state index < -0.39 is 7.59 Å². The molecule has 0 atom stereocenters. The molecule has 0 N–H and O–H groups in total. The third kappa shape index (κ3) is 4.13. The van der Waals surface area contributed by atoms with E-state index in [9.17, 15) is 0 Å². The van der Waals surface area contributed by atoms with Crippen molar-refractivity contribution in [2.24, 2.45) is 0 Å². The molecule has 20 heavy (non-hydrogen) atoms. The average molecular weight is 399 g/mol. The van der Waals surface area contributed by atoms with E-state index in [1.807, 2.05) is 0 Å². The quantitative estimate of drug-likeness (QED) is 0.703. The first-order valence-electron chi connectivity index (χ1n) is 4.66. The first-order valence-corrected chi connectivity index (χ1v) is 6.92. The molecule has 0 fully saturated rings. The van der Waals surface area contributed by atoms with Crippen molar-refractivity contribution in [3.63, 3.8) is 0 Å². The fourth-order valence-electron chi connectivity index (χ4n) is 0.976. The van der Waals surface area contributed by atoms with E-state index >= 15 is 0 Å². The molecule has 0 saturated heterocycles. The lowest BCUT2D eigenvalue weighted by atomic mass is 10.5. The van der Waals surface area contributed by atoms with Crippen LogP contribution in [0, 0.1) is 0 Å². The van der Waals surface area contributed by atoms with Crippen LogP contribution in [0.5, 0.6) is 0 Å². The maximum atomic E-state index is 5.57. The van der Waals surface area contributed by atoms with Crippen LogP contribution in [0.3, 0.4) is 0 Å². The molecule has 0 saturated carbocycles. The van der Waals surface area contributed by atoms with Crippen LogP contribution in [0.1, 0.15) is 23.6 Å². The molecular formula is C8H2Cl6N4O2. The number of nitrogens with zero attached hydrogens (tertiary/aromatic N) is 4. The number of rotatable bonds is 2. The summed E-state index contributed by atoms with van der Waals surface area (Å²) in [4.78, 5) is 0. The molecule has 0 aromatic carbocycles. The van der Waals surface area contributed by atoms with E-state index in [2.05, 4.69) is 20.4 Å². The Hall–Kier alpha value is -0.240. The van der Waals surface area contributed by atoms with E-state index in [0.29, 0.717) is 0 Å². The third-order valence-corrected chi connectivity index (χ3v) is 2.70. The van der Waals surface area contributed by atoms with Crippen LogP contribution in [-0.2, 0) is 7.59 Å². The number of aromatic nitrogens is 4. The van der Waals surface area contributed by atoms with Crippen LogP contribution in [0.2, 0.25) is 0 Å². The summed E-state index contributed by atoms with van der Waals surface area (Å²) in [5, 5.41) is 14.4. The first kappa shape index (κ1) is 16.1. The summed E-state index contributed by atoms with van der Waals surface area (Å²) in [5.74, 6) is -0.204. The van der Waals surface area contributed by atoms with Crippen molar-refractivity contribution in [1.29, 1.82) is 0 Å². The van der Waals surface area contributed by atoms with Crippen molar-refractivity contribution in [3.05, 3.63) is 23.6 Å². The summed E-state index contributed by atoms with van der Waals surface area (Å²) in [7, 11) is 0. The number of halogens is 6. The van der Waals surface area contributed by atoms with Crippen LogP contribution in [-0.4, -0.2) is 20.4 Å². The van der Waals surface area contributed by atoms with Crippen LogP contribution >= 0.6 is 69.6 Å². The van der Waals surface area contributed by atoms with Gasteiger partial charge in [0.25, 0.3) is 19.4 Å². The van der Waals surface area contributed by atoms with Gasteiger partial charge in [-0.2, -0.15) is 0 Å². The Morgan fingerprint density at radius 2 is 1.00 bits per heavy atom. The van der Waals surface area contributed by atoms with E-state index in [-0.39, 0.29) is 23.6 Å². The van der Waals surface area contributed by atoms with Gasteiger partial charge in [0.15, 0.2) is 0 Å². The smallest absolute Gasteiger partial charge is 0.268 e. The molecule has 0 spiro atoms. The highest BCUT2D eigenvalue weighted by Gasteiger charge is 2.31. The van der Waals surface area contributed by atoms with Crippen LogP contribution in [0.15, 0.2) is 8.83 Å². The van der Waals surface area contributed by atoms with Crippen molar-refractivity contribution < 1.29 is 8.83 Å². The fourth-order valence-corrected chi connectivity index (χ4v) is 1.43. The molecule has 12 heteroatoms. The molecule has 2 rings (SSSR count). The maximum Gasteiger partial charge on any atom is 0.268 e. The summed E-state index contributed by atoms with van der Waals surface area (Å²) < 4.78 is 6.54. The highest BCUT2D eigenvalue weighted by molar-refractivity contribution is 6.66. The van der Waals surface area contributed by atoms with Gasteiger partial charge in [0, 0.05) is 12.2 Å².